The second-order valence-corrected chi connectivity index (χ2v) is 7.24. The number of carbonyl (C=O) groups excluding carboxylic acids is 2. The summed E-state index contributed by atoms with van der Waals surface area (Å²) in [7, 11) is 1.77. The maximum atomic E-state index is 12.9. The highest BCUT2D eigenvalue weighted by Crippen LogP contribution is 2.12. The third-order valence-electron chi connectivity index (χ3n) is 4.45. The minimum Gasteiger partial charge on any atom is -0.340 e. The van der Waals surface area contributed by atoms with Gasteiger partial charge in [0.25, 0.3) is 5.91 Å². The van der Waals surface area contributed by atoms with Crippen LogP contribution >= 0.6 is 0 Å². The summed E-state index contributed by atoms with van der Waals surface area (Å²) in [6.07, 6.45) is 0. The second kappa shape index (κ2) is 8.65. The lowest BCUT2D eigenvalue weighted by Crippen LogP contribution is -2.50. The van der Waals surface area contributed by atoms with Crippen molar-refractivity contribution in [3.8, 4) is 0 Å². The number of likely N-dealkylation sites (N-methyl/N-ethyl adjacent to an activating group) is 1. The molecule has 4 nitrogen and oxygen atoms in total. The molecule has 1 N–H and O–H groups in total. The molecule has 0 fully saturated rings. The van der Waals surface area contributed by atoms with Crippen molar-refractivity contribution in [2.45, 2.75) is 40.3 Å². The van der Waals surface area contributed by atoms with Crippen LogP contribution < -0.4 is 5.32 Å². The molecule has 4 heteroatoms. The number of nitrogens with one attached hydrogen (secondary N) is 1. The first-order valence-corrected chi connectivity index (χ1v) is 8.96. The van der Waals surface area contributed by atoms with Crippen LogP contribution in [0.15, 0.2) is 48.5 Å². The molecule has 2 rings (SSSR count). The Morgan fingerprint density at radius 3 is 1.92 bits per heavy atom. The largest absolute Gasteiger partial charge is 0.340 e. The van der Waals surface area contributed by atoms with Crippen molar-refractivity contribution in [2.75, 3.05) is 7.05 Å². The summed E-state index contributed by atoms with van der Waals surface area (Å²) in [5.74, 6) is -0.306. The smallest absolute Gasteiger partial charge is 0.251 e. The molecule has 138 valence electrons. The van der Waals surface area contributed by atoms with E-state index in [2.05, 4.69) is 5.32 Å². The lowest BCUT2D eigenvalue weighted by atomic mass is 10.0. The number of amides is 2. The Balaban J connectivity index is 2.07. The maximum absolute atomic E-state index is 12.9. The van der Waals surface area contributed by atoms with E-state index >= 15 is 0 Å². The van der Waals surface area contributed by atoms with Gasteiger partial charge >= 0.3 is 0 Å². The van der Waals surface area contributed by atoms with Crippen molar-refractivity contribution in [3.63, 3.8) is 0 Å². The molecule has 0 aromatic heterocycles. The van der Waals surface area contributed by atoms with Gasteiger partial charge in [-0.25, -0.2) is 0 Å². The number of carbonyl (C=O) groups is 2. The number of rotatable bonds is 6. The summed E-state index contributed by atoms with van der Waals surface area (Å²) in [5, 5.41) is 2.90. The zero-order valence-electron chi connectivity index (χ0n) is 16.2. The quantitative estimate of drug-likeness (QED) is 0.861. The van der Waals surface area contributed by atoms with E-state index in [0.717, 1.165) is 11.1 Å². The van der Waals surface area contributed by atoms with Crippen LogP contribution in [0.2, 0.25) is 0 Å². The molecule has 0 aliphatic rings. The van der Waals surface area contributed by atoms with Crippen molar-refractivity contribution in [1.29, 1.82) is 0 Å². The SMILES string of the molecule is Cc1ccc(CN(C)C(=O)[C@@H](NC(=O)c2ccc(C)cc2)C(C)C)cc1. The molecule has 0 saturated carbocycles. The van der Waals surface area contributed by atoms with E-state index in [1.165, 1.54) is 5.56 Å². The monoisotopic (exact) mass is 352 g/mol. The molecule has 0 heterocycles. The maximum Gasteiger partial charge on any atom is 0.251 e. The highest BCUT2D eigenvalue weighted by Gasteiger charge is 2.27. The van der Waals surface area contributed by atoms with E-state index < -0.39 is 6.04 Å². The Labute approximate surface area is 156 Å². The first-order chi connectivity index (χ1) is 12.3. The van der Waals surface area contributed by atoms with Crippen molar-refractivity contribution in [1.82, 2.24) is 10.2 Å². The van der Waals surface area contributed by atoms with Crippen LogP contribution in [0.4, 0.5) is 0 Å². The van der Waals surface area contributed by atoms with E-state index in [4.69, 9.17) is 0 Å². The van der Waals surface area contributed by atoms with E-state index in [9.17, 15) is 9.59 Å². The lowest BCUT2D eigenvalue weighted by Gasteiger charge is -2.27. The molecule has 2 aromatic rings. The van der Waals surface area contributed by atoms with Gasteiger partial charge in [0.2, 0.25) is 5.91 Å². The summed E-state index contributed by atoms with van der Waals surface area (Å²) in [6, 6.07) is 14.9. The van der Waals surface area contributed by atoms with Crippen LogP contribution in [0.5, 0.6) is 0 Å². The Morgan fingerprint density at radius 1 is 0.923 bits per heavy atom. The molecule has 2 aromatic carbocycles. The summed E-state index contributed by atoms with van der Waals surface area (Å²) in [4.78, 5) is 27.1. The minimum atomic E-state index is -0.556. The van der Waals surface area contributed by atoms with Gasteiger partial charge in [0, 0.05) is 19.2 Å². The molecule has 1 atom stereocenters. The Bertz CT molecular complexity index is 749. The van der Waals surface area contributed by atoms with Gasteiger partial charge in [-0.2, -0.15) is 0 Å². The highest BCUT2D eigenvalue weighted by molar-refractivity contribution is 5.97. The molecule has 2 amide bonds. The number of aryl methyl sites for hydroxylation is 2. The normalized spacial score (nSPS) is 11.9. The highest BCUT2D eigenvalue weighted by atomic mass is 16.2. The molecule has 0 spiro atoms. The van der Waals surface area contributed by atoms with Crippen molar-refractivity contribution < 1.29 is 9.59 Å². The predicted octanol–water partition coefficient (Wildman–Crippen LogP) is 3.72. The van der Waals surface area contributed by atoms with Gasteiger partial charge in [0.1, 0.15) is 6.04 Å². The van der Waals surface area contributed by atoms with Crippen LogP contribution in [0.1, 0.15) is 40.9 Å². The summed E-state index contributed by atoms with van der Waals surface area (Å²) in [6.45, 7) is 8.41. The van der Waals surface area contributed by atoms with E-state index in [1.54, 1.807) is 24.1 Å². The van der Waals surface area contributed by atoms with Crippen molar-refractivity contribution >= 4 is 11.8 Å². The Kier molecular flexibility index (Phi) is 6.56. The van der Waals surface area contributed by atoms with Crippen molar-refractivity contribution in [2.24, 2.45) is 5.92 Å². The third-order valence-corrected chi connectivity index (χ3v) is 4.45. The number of benzene rings is 2. The molecule has 0 saturated heterocycles. The van der Waals surface area contributed by atoms with Crippen LogP contribution in [0, 0.1) is 19.8 Å². The van der Waals surface area contributed by atoms with Crippen LogP contribution in [-0.4, -0.2) is 29.8 Å². The van der Waals surface area contributed by atoms with Crippen LogP contribution in [0.3, 0.4) is 0 Å². The third kappa shape index (κ3) is 5.19. The van der Waals surface area contributed by atoms with Crippen LogP contribution in [-0.2, 0) is 11.3 Å². The summed E-state index contributed by atoms with van der Waals surface area (Å²) >= 11 is 0. The van der Waals surface area contributed by atoms with Gasteiger partial charge in [-0.3, -0.25) is 9.59 Å². The van der Waals surface area contributed by atoms with Gasteiger partial charge in [-0.15, -0.1) is 0 Å². The summed E-state index contributed by atoms with van der Waals surface area (Å²) in [5.41, 5.74) is 3.91. The average molecular weight is 352 g/mol. The van der Waals surface area contributed by atoms with E-state index in [-0.39, 0.29) is 17.7 Å². The summed E-state index contributed by atoms with van der Waals surface area (Å²) < 4.78 is 0. The fraction of sp³-hybridized carbons (Fsp3) is 0.364. The molecule has 0 aliphatic carbocycles. The van der Waals surface area contributed by atoms with Gasteiger partial charge in [-0.05, 0) is 37.5 Å². The zero-order chi connectivity index (χ0) is 19.3. The van der Waals surface area contributed by atoms with Crippen molar-refractivity contribution in [3.05, 3.63) is 70.8 Å². The fourth-order valence-corrected chi connectivity index (χ4v) is 2.73. The molecule has 0 unspecified atom stereocenters. The molecule has 26 heavy (non-hydrogen) atoms. The fourth-order valence-electron chi connectivity index (χ4n) is 2.73. The minimum absolute atomic E-state index is 0.00244. The van der Waals surface area contributed by atoms with Gasteiger partial charge in [0.05, 0.1) is 0 Å². The zero-order valence-corrected chi connectivity index (χ0v) is 16.2. The van der Waals surface area contributed by atoms with Gasteiger partial charge in [0.15, 0.2) is 0 Å². The lowest BCUT2D eigenvalue weighted by molar-refractivity contribution is -0.133. The number of hydrogen-bond acceptors (Lipinski definition) is 2. The number of hydrogen-bond donors (Lipinski definition) is 1. The van der Waals surface area contributed by atoms with Gasteiger partial charge < -0.3 is 10.2 Å². The molecular formula is C22H28N2O2. The topological polar surface area (TPSA) is 49.4 Å². The Hall–Kier alpha value is -2.62. The average Bonchev–Trinajstić information content (AvgIpc) is 2.61. The first-order valence-electron chi connectivity index (χ1n) is 8.96. The standard InChI is InChI=1S/C22H28N2O2/c1-15(2)20(23-21(25)19-12-8-17(4)9-13-19)22(26)24(5)14-18-10-6-16(3)7-11-18/h6-13,15,20H,14H2,1-5H3,(H,23,25)/t20-/m0/s1. The first kappa shape index (κ1) is 19.7. The molecular weight excluding hydrogens is 324 g/mol. The van der Waals surface area contributed by atoms with Crippen LogP contribution in [0.25, 0.3) is 0 Å². The number of nitrogens with zero attached hydrogens (tertiary/aromatic N) is 1. The second-order valence-electron chi connectivity index (χ2n) is 7.24. The molecule has 0 radical (unpaired) electrons. The van der Waals surface area contributed by atoms with Gasteiger partial charge in [-0.1, -0.05) is 61.4 Å². The Morgan fingerprint density at radius 2 is 1.42 bits per heavy atom. The molecule has 0 bridgehead atoms. The predicted molar refractivity (Wildman–Crippen MR) is 105 cm³/mol. The van der Waals surface area contributed by atoms with E-state index in [1.807, 2.05) is 64.1 Å². The molecule has 0 aliphatic heterocycles. The van der Waals surface area contributed by atoms with E-state index in [0.29, 0.717) is 12.1 Å².